The van der Waals surface area contributed by atoms with E-state index in [-0.39, 0.29) is 12.2 Å². The maximum Gasteiger partial charge on any atom is 0.320 e. The number of hydrogen-bond donors (Lipinski definition) is 3. The van der Waals surface area contributed by atoms with Crippen LogP contribution in [0.25, 0.3) is 10.9 Å². The Balaban J connectivity index is 0.000000861. The predicted molar refractivity (Wildman–Crippen MR) is 73.7 cm³/mol. The zero-order valence-corrected chi connectivity index (χ0v) is 11.3. The van der Waals surface area contributed by atoms with E-state index in [0.29, 0.717) is 10.9 Å². The average molecular weight is 266 g/mol. The van der Waals surface area contributed by atoms with Crippen LogP contribution in [0.15, 0.2) is 18.2 Å². The highest BCUT2D eigenvalue weighted by molar-refractivity contribution is 5.86. The summed E-state index contributed by atoms with van der Waals surface area (Å²) in [6, 6.07) is 3.74. The van der Waals surface area contributed by atoms with Gasteiger partial charge in [-0.1, -0.05) is 26.0 Å². The summed E-state index contributed by atoms with van der Waals surface area (Å²) in [6.07, 6.45) is 0.185. The van der Waals surface area contributed by atoms with Crippen LogP contribution in [0.5, 0.6) is 0 Å². The maximum atomic E-state index is 13.5. The van der Waals surface area contributed by atoms with Crippen molar-refractivity contribution < 1.29 is 14.3 Å². The highest BCUT2D eigenvalue weighted by Crippen LogP contribution is 2.25. The highest BCUT2D eigenvalue weighted by atomic mass is 19.1. The number of aromatic nitrogens is 1. The lowest BCUT2D eigenvalue weighted by Crippen LogP contribution is -2.32. The topological polar surface area (TPSA) is 79.1 Å². The molecule has 0 saturated heterocycles. The third-order valence-corrected chi connectivity index (χ3v) is 2.85. The van der Waals surface area contributed by atoms with E-state index in [9.17, 15) is 9.18 Å². The molecular weight excluding hydrogens is 247 g/mol. The minimum atomic E-state index is -1.06. The zero-order valence-electron chi connectivity index (χ0n) is 11.3. The second kappa shape index (κ2) is 6.33. The van der Waals surface area contributed by atoms with Gasteiger partial charge in [0.05, 0.1) is 5.52 Å². The van der Waals surface area contributed by atoms with Crippen LogP contribution in [0.3, 0.4) is 0 Å². The van der Waals surface area contributed by atoms with Crippen LogP contribution in [-0.2, 0) is 11.2 Å². The summed E-state index contributed by atoms with van der Waals surface area (Å²) in [5.74, 6) is -1.41. The highest BCUT2D eigenvalue weighted by Gasteiger charge is 2.18. The van der Waals surface area contributed by atoms with E-state index in [1.165, 1.54) is 6.07 Å². The molecule has 5 heteroatoms. The normalized spacial score (nSPS) is 11.8. The Bertz CT molecular complexity index is 578. The minimum Gasteiger partial charge on any atom is -0.480 e. The quantitative estimate of drug-likeness (QED) is 0.799. The Morgan fingerprint density at radius 1 is 1.47 bits per heavy atom. The van der Waals surface area contributed by atoms with E-state index in [1.807, 2.05) is 13.8 Å². The number of aryl methyl sites for hydroxylation is 1. The van der Waals surface area contributed by atoms with Crippen molar-refractivity contribution in [2.45, 2.75) is 33.2 Å². The molecule has 4 nitrogen and oxygen atoms in total. The summed E-state index contributed by atoms with van der Waals surface area (Å²) >= 11 is 0. The molecule has 0 saturated carbocycles. The summed E-state index contributed by atoms with van der Waals surface area (Å²) < 4.78 is 13.5. The van der Waals surface area contributed by atoms with E-state index in [2.05, 4.69) is 4.98 Å². The second-order valence-corrected chi connectivity index (χ2v) is 4.04. The molecule has 1 heterocycles. The van der Waals surface area contributed by atoms with Crippen molar-refractivity contribution >= 4 is 16.9 Å². The van der Waals surface area contributed by atoms with Crippen LogP contribution in [0, 0.1) is 12.7 Å². The Hall–Kier alpha value is -1.88. The lowest BCUT2D eigenvalue weighted by Gasteiger charge is -2.06. The monoisotopic (exact) mass is 266 g/mol. The lowest BCUT2D eigenvalue weighted by molar-refractivity contribution is -0.138. The molecule has 0 fully saturated rings. The van der Waals surface area contributed by atoms with Gasteiger partial charge in [-0.25, -0.2) is 4.39 Å². The van der Waals surface area contributed by atoms with Gasteiger partial charge in [0.1, 0.15) is 11.9 Å². The first kappa shape index (κ1) is 15.2. The van der Waals surface area contributed by atoms with E-state index in [4.69, 9.17) is 10.8 Å². The number of H-pyrrole nitrogens is 1. The maximum absolute atomic E-state index is 13.5. The SMILES string of the molecule is CC.Cc1[nH]c2c(F)cccc2c1CC(N)C(=O)O. The van der Waals surface area contributed by atoms with Gasteiger partial charge in [0.2, 0.25) is 0 Å². The number of aromatic amines is 1. The van der Waals surface area contributed by atoms with E-state index < -0.39 is 12.0 Å². The molecule has 104 valence electrons. The first-order valence-corrected chi connectivity index (χ1v) is 6.24. The number of hydrogen-bond acceptors (Lipinski definition) is 2. The third-order valence-electron chi connectivity index (χ3n) is 2.85. The molecule has 0 aliphatic heterocycles. The van der Waals surface area contributed by atoms with Crippen molar-refractivity contribution in [1.82, 2.24) is 4.98 Å². The number of benzene rings is 1. The summed E-state index contributed by atoms with van der Waals surface area (Å²) in [5.41, 5.74) is 7.41. The Labute approximate surface area is 111 Å². The van der Waals surface area contributed by atoms with Crippen molar-refractivity contribution in [3.8, 4) is 0 Å². The van der Waals surface area contributed by atoms with E-state index >= 15 is 0 Å². The summed E-state index contributed by atoms with van der Waals surface area (Å²) in [4.78, 5) is 13.6. The number of rotatable bonds is 3. The standard InChI is InChI=1S/C12H13FN2O2.C2H6/c1-6-8(5-10(14)12(16)17)7-3-2-4-9(13)11(7)15-6;1-2/h2-4,10,15H,5,14H2,1H3,(H,16,17);1-2H3. The van der Waals surface area contributed by atoms with Crippen LogP contribution in [0.4, 0.5) is 4.39 Å². The molecule has 1 atom stereocenters. The van der Waals surface area contributed by atoms with Gasteiger partial charge in [-0.2, -0.15) is 0 Å². The molecule has 0 bridgehead atoms. The molecule has 2 rings (SSSR count). The second-order valence-electron chi connectivity index (χ2n) is 4.04. The molecule has 1 aromatic heterocycles. The Morgan fingerprint density at radius 3 is 2.68 bits per heavy atom. The molecule has 19 heavy (non-hydrogen) atoms. The number of carbonyl (C=O) groups is 1. The van der Waals surface area contributed by atoms with Gasteiger partial charge < -0.3 is 15.8 Å². The van der Waals surface area contributed by atoms with Gasteiger partial charge in [0, 0.05) is 17.5 Å². The minimum absolute atomic E-state index is 0.185. The fraction of sp³-hybridized carbons (Fsp3) is 0.357. The summed E-state index contributed by atoms with van der Waals surface area (Å²) in [6.45, 7) is 5.78. The lowest BCUT2D eigenvalue weighted by atomic mass is 10.0. The molecule has 1 aromatic carbocycles. The molecule has 0 aliphatic carbocycles. The van der Waals surface area contributed by atoms with Gasteiger partial charge in [0.15, 0.2) is 0 Å². The Morgan fingerprint density at radius 2 is 2.11 bits per heavy atom. The predicted octanol–water partition coefficient (Wildman–Crippen LogP) is 2.60. The van der Waals surface area contributed by atoms with E-state index in [0.717, 1.165) is 11.3 Å². The number of fused-ring (bicyclic) bond motifs is 1. The number of halogens is 1. The average Bonchev–Trinajstić information content (AvgIpc) is 2.70. The number of carboxylic acid groups (broad SMARTS) is 1. The van der Waals surface area contributed by atoms with Crippen LogP contribution >= 0.6 is 0 Å². The molecule has 2 aromatic rings. The first-order valence-electron chi connectivity index (χ1n) is 6.24. The fourth-order valence-electron chi connectivity index (χ4n) is 1.94. The molecule has 0 radical (unpaired) electrons. The van der Waals surface area contributed by atoms with E-state index in [1.54, 1.807) is 19.1 Å². The molecule has 1 unspecified atom stereocenters. The molecule has 0 aliphatic rings. The van der Waals surface area contributed by atoms with Crippen molar-refractivity contribution in [1.29, 1.82) is 0 Å². The molecular formula is C14H19FN2O2. The van der Waals surface area contributed by atoms with Gasteiger partial charge in [-0.05, 0) is 18.6 Å². The van der Waals surface area contributed by atoms with Crippen LogP contribution in [0.2, 0.25) is 0 Å². The van der Waals surface area contributed by atoms with Crippen LogP contribution in [0.1, 0.15) is 25.1 Å². The number of nitrogens with one attached hydrogen (secondary N) is 1. The largest absolute Gasteiger partial charge is 0.480 e. The van der Waals surface area contributed by atoms with Crippen LogP contribution < -0.4 is 5.73 Å². The third kappa shape index (κ3) is 3.12. The van der Waals surface area contributed by atoms with Gasteiger partial charge in [0.25, 0.3) is 0 Å². The molecule has 0 amide bonds. The molecule has 4 N–H and O–H groups in total. The zero-order chi connectivity index (χ0) is 14.6. The van der Waals surface area contributed by atoms with Crippen molar-refractivity contribution in [2.75, 3.05) is 0 Å². The fourth-order valence-corrected chi connectivity index (χ4v) is 1.94. The molecule has 0 spiro atoms. The summed E-state index contributed by atoms with van der Waals surface area (Å²) in [5, 5.41) is 9.48. The van der Waals surface area contributed by atoms with Crippen molar-refractivity contribution in [3.63, 3.8) is 0 Å². The van der Waals surface area contributed by atoms with Gasteiger partial charge in [-0.15, -0.1) is 0 Å². The number of carboxylic acids is 1. The number of nitrogens with two attached hydrogens (primary N) is 1. The van der Waals surface area contributed by atoms with Crippen molar-refractivity contribution in [3.05, 3.63) is 35.3 Å². The first-order chi connectivity index (χ1) is 9.00. The Kier molecular flexibility index (Phi) is 5.06. The van der Waals surface area contributed by atoms with Gasteiger partial charge in [-0.3, -0.25) is 4.79 Å². The number of para-hydroxylation sites is 1. The smallest absolute Gasteiger partial charge is 0.320 e. The van der Waals surface area contributed by atoms with Gasteiger partial charge >= 0.3 is 5.97 Å². The summed E-state index contributed by atoms with van der Waals surface area (Å²) in [7, 11) is 0. The van der Waals surface area contributed by atoms with Crippen LogP contribution in [-0.4, -0.2) is 22.1 Å². The van der Waals surface area contributed by atoms with Crippen molar-refractivity contribution in [2.24, 2.45) is 5.73 Å². The number of aliphatic carboxylic acids is 1.